The molecule has 0 radical (unpaired) electrons. The summed E-state index contributed by atoms with van der Waals surface area (Å²) in [6.07, 6.45) is 0.260. The van der Waals surface area contributed by atoms with E-state index in [4.69, 9.17) is 5.11 Å². The first kappa shape index (κ1) is 32.7. The van der Waals surface area contributed by atoms with Crippen LogP contribution >= 0.6 is 20.6 Å². The lowest BCUT2D eigenvalue weighted by atomic mass is 10.0. The molecule has 0 bridgehead atoms. The maximum absolute atomic E-state index is 13.7. The van der Waals surface area contributed by atoms with Crippen LogP contribution in [-0.4, -0.2) is 86.3 Å². The number of aromatic nitrogens is 3. The molecule has 238 valence electrons. The second-order valence-electron chi connectivity index (χ2n) is 11.1. The van der Waals surface area contributed by atoms with Gasteiger partial charge in [-0.1, -0.05) is 11.3 Å². The second kappa shape index (κ2) is 13.7. The van der Waals surface area contributed by atoms with Gasteiger partial charge in [-0.15, -0.1) is 9.24 Å². The second-order valence-corrected chi connectivity index (χ2v) is 12.9. The number of hydrogen-bond donors (Lipinski definition) is 2. The summed E-state index contributed by atoms with van der Waals surface area (Å²) in [7, 11) is 2.78. The van der Waals surface area contributed by atoms with Crippen LogP contribution in [0.25, 0.3) is 11.3 Å². The summed E-state index contributed by atoms with van der Waals surface area (Å²) in [5.74, 6) is -0.608. The van der Waals surface area contributed by atoms with E-state index in [0.717, 1.165) is 31.5 Å². The third kappa shape index (κ3) is 7.94. The lowest BCUT2D eigenvalue weighted by molar-refractivity contribution is -0.138. The lowest BCUT2D eigenvalue weighted by Crippen LogP contribution is -2.52. The fraction of sp³-hybridized carbons (Fsp3) is 0.448. The fourth-order valence-corrected chi connectivity index (χ4v) is 7.04. The largest absolute Gasteiger partial charge is 0.481 e. The van der Waals surface area contributed by atoms with Gasteiger partial charge in [-0.2, -0.15) is 18.4 Å². The monoisotopic (exact) mass is 660 g/mol. The summed E-state index contributed by atoms with van der Waals surface area (Å²) in [6, 6.07) is 5.02. The third-order valence-corrected chi connectivity index (χ3v) is 9.57. The maximum Gasteiger partial charge on any atom is 0.416 e. The van der Waals surface area contributed by atoms with E-state index in [1.165, 1.54) is 29.8 Å². The van der Waals surface area contributed by atoms with E-state index < -0.39 is 23.6 Å². The Labute approximate surface area is 264 Å². The highest BCUT2D eigenvalue weighted by Crippen LogP contribution is 2.38. The van der Waals surface area contributed by atoms with Crippen LogP contribution in [0.3, 0.4) is 0 Å². The number of likely N-dealkylation sites (tertiary alicyclic amines) is 1. The highest BCUT2D eigenvalue weighted by molar-refractivity contribution is 7.17. The highest BCUT2D eigenvalue weighted by atomic mass is 32.1. The summed E-state index contributed by atoms with van der Waals surface area (Å²) < 4.78 is 41.0. The molecule has 16 heteroatoms. The van der Waals surface area contributed by atoms with Gasteiger partial charge in [0.2, 0.25) is 0 Å². The summed E-state index contributed by atoms with van der Waals surface area (Å²) in [4.78, 5) is 44.3. The van der Waals surface area contributed by atoms with Crippen LogP contribution in [0.1, 0.15) is 52.7 Å². The Morgan fingerprint density at radius 3 is 2.62 bits per heavy atom. The van der Waals surface area contributed by atoms with Crippen molar-refractivity contribution in [3.63, 3.8) is 0 Å². The zero-order valence-corrected chi connectivity index (χ0v) is 26.4. The van der Waals surface area contributed by atoms with Crippen LogP contribution in [-0.2, 0) is 17.5 Å². The van der Waals surface area contributed by atoms with Crippen molar-refractivity contribution in [2.45, 2.75) is 50.7 Å². The normalized spacial score (nSPS) is 19.4. The van der Waals surface area contributed by atoms with Gasteiger partial charge in [-0.25, -0.2) is 15.0 Å². The number of thiazole rings is 1. The molecule has 0 saturated carbocycles. The average molecular weight is 661 g/mol. The molecule has 3 aromatic rings. The van der Waals surface area contributed by atoms with E-state index in [0.29, 0.717) is 43.4 Å². The first-order chi connectivity index (χ1) is 21.4. The van der Waals surface area contributed by atoms with E-state index in [9.17, 15) is 28.0 Å². The number of alkyl halides is 3. The summed E-state index contributed by atoms with van der Waals surface area (Å²) in [6.45, 7) is 5.70. The molecule has 45 heavy (non-hydrogen) atoms. The number of amides is 1. The number of aliphatic carboxylic acids is 1. The zero-order chi connectivity index (χ0) is 32.3. The van der Waals surface area contributed by atoms with Crippen molar-refractivity contribution in [2.75, 3.05) is 42.9 Å². The van der Waals surface area contributed by atoms with Crippen molar-refractivity contribution in [3.8, 4) is 17.3 Å². The Bertz CT molecular complexity index is 1600. The molecule has 1 amide bonds. The van der Waals surface area contributed by atoms with Gasteiger partial charge in [0.15, 0.2) is 5.13 Å². The molecule has 2 fully saturated rings. The molecular formula is C29H32F3N8O3PS. The van der Waals surface area contributed by atoms with Crippen molar-refractivity contribution in [1.29, 1.82) is 5.26 Å². The van der Waals surface area contributed by atoms with Crippen molar-refractivity contribution in [1.82, 2.24) is 24.8 Å². The number of nitriles is 1. The molecule has 1 aromatic carbocycles. The van der Waals surface area contributed by atoms with Gasteiger partial charge in [0.1, 0.15) is 11.5 Å². The molecule has 1 unspecified atom stereocenters. The van der Waals surface area contributed by atoms with E-state index in [2.05, 4.69) is 39.3 Å². The topological polar surface area (TPSA) is 139 Å². The average Bonchev–Trinajstić information content (AvgIpc) is 3.60. The number of carboxylic acids is 1. The van der Waals surface area contributed by atoms with Gasteiger partial charge < -0.3 is 10.0 Å². The van der Waals surface area contributed by atoms with Crippen LogP contribution in [0.2, 0.25) is 0 Å². The molecule has 2 aliphatic rings. The molecule has 2 N–H and O–H groups in total. The summed E-state index contributed by atoms with van der Waals surface area (Å²) in [5, 5.41) is 21.3. The molecule has 2 saturated heterocycles. The van der Waals surface area contributed by atoms with Crippen LogP contribution < -0.4 is 10.2 Å². The minimum atomic E-state index is -4.65. The molecule has 3 atom stereocenters. The number of anilines is 2. The molecule has 2 aliphatic heterocycles. The minimum Gasteiger partial charge on any atom is -0.481 e. The number of piperazine rings is 1. The van der Waals surface area contributed by atoms with E-state index >= 15 is 0 Å². The van der Waals surface area contributed by atoms with Gasteiger partial charge >= 0.3 is 12.1 Å². The Kier molecular flexibility index (Phi) is 9.98. The van der Waals surface area contributed by atoms with E-state index in [1.54, 1.807) is 6.07 Å². The number of hydrogen-bond acceptors (Lipinski definition) is 10. The van der Waals surface area contributed by atoms with Gasteiger partial charge in [0, 0.05) is 55.0 Å². The summed E-state index contributed by atoms with van der Waals surface area (Å²) in [5.41, 5.74) is -0.618. The van der Waals surface area contributed by atoms with Crippen molar-refractivity contribution < 1.29 is 27.9 Å². The fourth-order valence-electron chi connectivity index (χ4n) is 5.54. The number of carboxylic acid groups (broad SMARTS) is 1. The molecule has 4 heterocycles. The number of nitrogens with zero attached hydrogens (tertiary/aromatic N) is 7. The van der Waals surface area contributed by atoms with Crippen LogP contribution in [0, 0.1) is 11.3 Å². The van der Waals surface area contributed by atoms with E-state index in [-0.39, 0.29) is 45.9 Å². The zero-order valence-electron chi connectivity index (χ0n) is 24.4. The molecule has 0 aliphatic carbocycles. The standard InChI is InChI=1S/C29H32F3N8O3PS/c1-17-15-38(6-4-25(41)42)7-8-40(17)23-14-34-21(13-35-23)27(43)37-28-36-26(22(45-28)16-39-5-2-3-24(39)44)19-9-18(12-33)10-20(11-19)29(30,31)32/h9-11,13-14,17,24H,2-8,15-16,44H2,1H3,(H,41,42)(H,36,37,43)/t17-,24-/m1/s1. The van der Waals surface area contributed by atoms with Crippen molar-refractivity contribution >= 4 is 43.4 Å². The quantitative estimate of drug-likeness (QED) is 0.315. The molecule has 2 aromatic heterocycles. The van der Waals surface area contributed by atoms with Crippen LogP contribution in [0.15, 0.2) is 30.6 Å². The Morgan fingerprint density at radius 2 is 2.00 bits per heavy atom. The first-order valence-electron chi connectivity index (χ1n) is 14.4. The van der Waals surface area contributed by atoms with Gasteiger partial charge in [0.25, 0.3) is 5.91 Å². The Balaban J connectivity index is 1.34. The number of carbonyl (C=O) groups excluding carboxylic acids is 1. The number of rotatable bonds is 9. The number of nitrogens with one attached hydrogen (secondary N) is 1. The van der Waals surface area contributed by atoms with Gasteiger partial charge in [-0.3, -0.25) is 24.7 Å². The third-order valence-electron chi connectivity index (χ3n) is 7.86. The van der Waals surface area contributed by atoms with Crippen molar-refractivity contribution in [2.24, 2.45) is 0 Å². The number of halogens is 3. The predicted octanol–water partition coefficient (Wildman–Crippen LogP) is 4.53. The number of benzene rings is 1. The SMILES string of the molecule is C[C@@H]1CN(CCC(=O)O)CCN1c1cnc(C(=O)Nc2nc(-c3cc(C#N)cc(C(F)(F)F)c3)c(CN3CCC[C@H]3P)s2)cn1. The highest BCUT2D eigenvalue weighted by Gasteiger charge is 2.32. The minimum absolute atomic E-state index is 0.0418. The van der Waals surface area contributed by atoms with Crippen molar-refractivity contribution in [3.05, 3.63) is 52.3 Å². The van der Waals surface area contributed by atoms with Gasteiger partial charge in [-0.05, 0) is 44.5 Å². The molecule has 11 nitrogen and oxygen atoms in total. The molecule has 0 spiro atoms. The Morgan fingerprint density at radius 1 is 1.20 bits per heavy atom. The van der Waals surface area contributed by atoms with E-state index in [1.807, 2.05) is 11.8 Å². The van der Waals surface area contributed by atoms with Crippen LogP contribution in [0.5, 0.6) is 0 Å². The van der Waals surface area contributed by atoms with Gasteiger partial charge in [0.05, 0.1) is 41.7 Å². The maximum atomic E-state index is 13.7. The lowest BCUT2D eigenvalue weighted by Gasteiger charge is -2.40. The first-order valence-corrected chi connectivity index (χ1v) is 15.9. The number of carbonyl (C=O) groups is 2. The smallest absolute Gasteiger partial charge is 0.416 e. The predicted molar refractivity (Wildman–Crippen MR) is 166 cm³/mol. The summed E-state index contributed by atoms with van der Waals surface area (Å²) >= 11 is 1.17. The molecule has 5 rings (SSSR count). The van der Waals surface area contributed by atoms with Crippen LogP contribution in [0.4, 0.5) is 24.1 Å². The molecular weight excluding hydrogens is 628 g/mol. The Hall–Kier alpha value is -3.70.